The second kappa shape index (κ2) is 14.6. The topological polar surface area (TPSA) is 6.48 Å². The van der Waals surface area contributed by atoms with E-state index in [1.54, 1.807) is 0 Å². The molecule has 0 saturated heterocycles. The Morgan fingerprint density at radius 3 is 1.44 bits per heavy atom. The van der Waals surface area contributed by atoms with Gasteiger partial charge in [0, 0.05) is 38.9 Å². The van der Waals surface area contributed by atoms with Crippen molar-refractivity contribution < 1.29 is 0 Å². The van der Waals surface area contributed by atoms with Crippen LogP contribution in [0.25, 0.3) is 65.3 Å². The lowest BCUT2D eigenvalue weighted by Gasteiger charge is -2.30. The van der Waals surface area contributed by atoms with Crippen LogP contribution >= 0.6 is 0 Å². The Bertz CT molecular complexity index is 3540. The first-order valence-corrected chi connectivity index (χ1v) is 21.9. The Hall–Kier alpha value is -7.94. The van der Waals surface area contributed by atoms with Crippen LogP contribution in [0, 0.1) is 0 Å². The van der Waals surface area contributed by atoms with Crippen molar-refractivity contribution in [2.75, 3.05) is 9.80 Å². The summed E-state index contributed by atoms with van der Waals surface area (Å²) in [6.07, 6.45) is 0. The molecule has 0 radical (unpaired) electrons. The van der Waals surface area contributed by atoms with E-state index in [9.17, 15) is 0 Å². The van der Waals surface area contributed by atoms with Gasteiger partial charge in [-0.1, -0.05) is 184 Å². The maximum absolute atomic E-state index is 2.48. The molecule has 0 aliphatic heterocycles. The zero-order chi connectivity index (χ0) is 42.1. The zero-order valence-corrected chi connectivity index (χ0v) is 35.3. The van der Waals surface area contributed by atoms with E-state index < -0.39 is 0 Å². The predicted octanol–water partition coefficient (Wildman–Crippen LogP) is 17.2. The number of nitrogens with zero attached hydrogens (tertiary/aromatic N) is 2. The monoisotopic (exact) mass is 804 g/mol. The number of hydrogen-bond donors (Lipinski definition) is 0. The molecule has 1 aliphatic rings. The van der Waals surface area contributed by atoms with Crippen LogP contribution in [0.3, 0.4) is 0 Å². The third-order valence-corrected chi connectivity index (χ3v) is 13.4. The average molecular weight is 805 g/mol. The lowest BCUT2D eigenvalue weighted by molar-refractivity contribution is 0.660. The SMILES string of the molecule is CC1(C)c2cc(N(c3ccccc3)c3cccc4ccccc34)ccc2-c2ccc(N(c3ccc(-c4cccc5ccccc45)cc3)c3cc4ccccc4c4ccccc34)cc21. The van der Waals surface area contributed by atoms with Crippen LogP contribution in [0.2, 0.25) is 0 Å². The van der Waals surface area contributed by atoms with Gasteiger partial charge in [-0.15, -0.1) is 0 Å². The van der Waals surface area contributed by atoms with E-state index in [-0.39, 0.29) is 5.41 Å². The number of benzene rings is 11. The number of rotatable bonds is 7. The van der Waals surface area contributed by atoms with Crippen LogP contribution in [0.1, 0.15) is 25.0 Å². The normalized spacial score (nSPS) is 12.7. The van der Waals surface area contributed by atoms with Crippen LogP contribution in [0.15, 0.2) is 231 Å². The second-order valence-electron chi connectivity index (χ2n) is 17.3. The highest BCUT2D eigenvalue weighted by molar-refractivity contribution is 6.14. The van der Waals surface area contributed by atoms with Gasteiger partial charge in [-0.25, -0.2) is 0 Å². The number of hydrogen-bond acceptors (Lipinski definition) is 2. The standard InChI is InChI=1S/C61H44N2/c1-61(2)57-39-47(62(45-21-4-3-5-22-45)59-29-15-20-42-17-7-11-25-52(42)59)34-36-54(57)55-37-35-48(40-58(55)61)63(60-38-44-18-8-10-24-51(44)53-26-12-13-27-56(53)60)46-32-30-43(31-33-46)50-28-14-19-41-16-6-9-23-49(41)50/h3-40H,1-2H3. The van der Waals surface area contributed by atoms with E-state index in [0.717, 1.165) is 28.4 Å². The van der Waals surface area contributed by atoms with Crippen molar-refractivity contribution in [2.45, 2.75) is 19.3 Å². The quantitative estimate of drug-likeness (QED) is 0.148. The van der Waals surface area contributed by atoms with Gasteiger partial charge in [0.05, 0.1) is 11.4 Å². The van der Waals surface area contributed by atoms with Crippen molar-refractivity contribution in [1.82, 2.24) is 0 Å². The molecule has 0 unspecified atom stereocenters. The van der Waals surface area contributed by atoms with Gasteiger partial charge in [-0.3, -0.25) is 0 Å². The number of anilines is 6. The molecule has 0 bridgehead atoms. The molecule has 2 nitrogen and oxygen atoms in total. The van der Waals surface area contributed by atoms with Crippen LogP contribution in [-0.2, 0) is 5.41 Å². The summed E-state index contributed by atoms with van der Waals surface area (Å²) in [6, 6.07) is 84.7. The van der Waals surface area contributed by atoms with Gasteiger partial charge in [0.1, 0.15) is 0 Å². The smallest absolute Gasteiger partial charge is 0.0546 e. The maximum Gasteiger partial charge on any atom is 0.0546 e. The lowest BCUT2D eigenvalue weighted by atomic mass is 9.82. The Labute approximate surface area is 368 Å². The van der Waals surface area contributed by atoms with E-state index in [0.29, 0.717) is 0 Å². The van der Waals surface area contributed by atoms with Crippen LogP contribution in [0.4, 0.5) is 34.1 Å². The van der Waals surface area contributed by atoms with Crippen LogP contribution in [0.5, 0.6) is 0 Å². The van der Waals surface area contributed by atoms with Gasteiger partial charge >= 0.3 is 0 Å². The predicted molar refractivity (Wildman–Crippen MR) is 269 cm³/mol. The number of para-hydroxylation sites is 1. The summed E-state index contributed by atoms with van der Waals surface area (Å²) >= 11 is 0. The minimum absolute atomic E-state index is 0.271. The fourth-order valence-corrected chi connectivity index (χ4v) is 10.3. The van der Waals surface area contributed by atoms with E-state index in [2.05, 4.69) is 254 Å². The van der Waals surface area contributed by atoms with E-state index in [4.69, 9.17) is 0 Å². The van der Waals surface area contributed by atoms with Crippen molar-refractivity contribution in [3.8, 4) is 22.3 Å². The van der Waals surface area contributed by atoms with Gasteiger partial charge in [-0.2, -0.15) is 0 Å². The Kier molecular flexibility index (Phi) is 8.55. The fraction of sp³-hybridized carbons (Fsp3) is 0.0492. The first kappa shape index (κ1) is 36.9. The molecule has 298 valence electrons. The summed E-state index contributed by atoms with van der Waals surface area (Å²) in [6.45, 7) is 4.79. The number of fused-ring (bicyclic) bond motifs is 8. The van der Waals surface area contributed by atoms with Crippen molar-refractivity contribution in [3.05, 3.63) is 242 Å². The summed E-state index contributed by atoms with van der Waals surface area (Å²) < 4.78 is 0. The van der Waals surface area contributed by atoms with E-state index >= 15 is 0 Å². The Morgan fingerprint density at radius 2 is 0.762 bits per heavy atom. The minimum Gasteiger partial charge on any atom is -0.310 e. The molecule has 11 aromatic rings. The zero-order valence-electron chi connectivity index (χ0n) is 35.3. The van der Waals surface area contributed by atoms with Gasteiger partial charge < -0.3 is 9.80 Å². The highest BCUT2D eigenvalue weighted by Crippen LogP contribution is 2.53. The first-order valence-electron chi connectivity index (χ1n) is 21.9. The summed E-state index contributed by atoms with van der Waals surface area (Å²) in [5, 5.41) is 9.91. The van der Waals surface area contributed by atoms with Gasteiger partial charge in [-0.05, 0) is 126 Å². The molecule has 0 saturated carbocycles. The largest absolute Gasteiger partial charge is 0.310 e. The molecule has 0 aromatic heterocycles. The summed E-state index contributed by atoms with van der Waals surface area (Å²) in [4.78, 5) is 4.89. The van der Waals surface area contributed by atoms with Crippen molar-refractivity contribution in [3.63, 3.8) is 0 Å². The molecular weight excluding hydrogens is 761 g/mol. The second-order valence-corrected chi connectivity index (χ2v) is 17.3. The third kappa shape index (κ3) is 6.02. The molecule has 63 heavy (non-hydrogen) atoms. The summed E-state index contributed by atoms with van der Waals surface area (Å²) in [7, 11) is 0. The molecule has 0 heterocycles. The Balaban J connectivity index is 1.01. The Morgan fingerprint density at radius 1 is 0.286 bits per heavy atom. The molecule has 0 amide bonds. The third-order valence-electron chi connectivity index (χ3n) is 13.4. The van der Waals surface area contributed by atoms with Gasteiger partial charge in [0.25, 0.3) is 0 Å². The highest BCUT2D eigenvalue weighted by Gasteiger charge is 2.37. The molecule has 2 heteroatoms. The van der Waals surface area contributed by atoms with Gasteiger partial charge in [0.15, 0.2) is 0 Å². The van der Waals surface area contributed by atoms with Crippen LogP contribution < -0.4 is 9.80 Å². The summed E-state index contributed by atoms with van der Waals surface area (Å²) in [5.41, 5.74) is 14.3. The van der Waals surface area contributed by atoms with Crippen molar-refractivity contribution in [2.24, 2.45) is 0 Å². The lowest BCUT2D eigenvalue weighted by Crippen LogP contribution is -2.18. The first-order chi connectivity index (χ1) is 31.0. The highest BCUT2D eigenvalue weighted by atomic mass is 15.1. The fourth-order valence-electron chi connectivity index (χ4n) is 10.3. The van der Waals surface area contributed by atoms with Gasteiger partial charge in [0.2, 0.25) is 0 Å². The molecule has 0 spiro atoms. The molecule has 0 N–H and O–H groups in total. The summed E-state index contributed by atoms with van der Waals surface area (Å²) in [5.74, 6) is 0. The molecule has 0 fully saturated rings. The average Bonchev–Trinajstić information content (AvgIpc) is 3.56. The van der Waals surface area contributed by atoms with Crippen LogP contribution in [-0.4, -0.2) is 0 Å². The van der Waals surface area contributed by atoms with E-state index in [1.807, 2.05) is 0 Å². The van der Waals surface area contributed by atoms with Crippen molar-refractivity contribution >= 4 is 77.2 Å². The molecule has 1 aliphatic carbocycles. The molecule has 0 atom stereocenters. The molecule has 12 rings (SSSR count). The molecular formula is C61H44N2. The molecule has 11 aromatic carbocycles. The van der Waals surface area contributed by atoms with Crippen molar-refractivity contribution in [1.29, 1.82) is 0 Å². The minimum atomic E-state index is -0.271. The van der Waals surface area contributed by atoms with E-state index in [1.165, 1.54) is 82.2 Å². The maximum atomic E-state index is 2.48.